The predicted octanol–water partition coefficient (Wildman–Crippen LogP) is 4.50. The van der Waals surface area contributed by atoms with Gasteiger partial charge in [-0.25, -0.2) is 0 Å². The zero-order chi connectivity index (χ0) is 22.6. The van der Waals surface area contributed by atoms with Crippen LogP contribution in [0.15, 0.2) is 41.5 Å². The summed E-state index contributed by atoms with van der Waals surface area (Å²) in [5.74, 6) is 0. The molecule has 1 saturated heterocycles. The van der Waals surface area contributed by atoms with E-state index in [9.17, 15) is 13.2 Å². The maximum absolute atomic E-state index is 13.7. The second-order valence-electron chi connectivity index (χ2n) is 7.02. The van der Waals surface area contributed by atoms with Crippen molar-refractivity contribution in [1.29, 1.82) is 0 Å². The third-order valence-corrected chi connectivity index (χ3v) is 5.65. The highest BCUT2D eigenvalue weighted by molar-refractivity contribution is 7.80. The van der Waals surface area contributed by atoms with Crippen LogP contribution in [0.2, 0.25) is 10.0 Å². The van der Waals surface area contributed by atoms with Gasteiger partial charge in [0.2, 0.25) is 0 Å². The standard InChI is InChI=1S/C20H20Cl2F3N5S/c21-16-3-1-14(10-17(16)22)12-29-5-7-30(8-6-29)18-4-2-13(11-27-28-19(26)31)9-15(18)20(23,24)25/h1-4,9-11H,5-8,12H2,(H3,26,28,31). The number of nitrogens with two attached hydrogens (primary N) is 1. The van der Waals surface area contributed by atoms with Crippen LogP contribution in [-0.4, -0.2) is 42.4 Å². The van der Waals surface area contributed by atoms with Gasteiger partial charge in [0.25, 0.3) is 0 Å². The highest BCUT2D eigenvalue weighted by Crippen LogP contribution is 2.37. The summed E-state index contributed by atoms with van der Waals surface area (Å²) in [5.41, 5.74) is 8.33. The van der Waals surface area contributed by atoms with Gasteiger partial charge in [-0.15, -0.1) is 0 Å². The Kier molecular flexibility index (Phi) is 7.64. The quantitative estimate of drug-likeness (QED) is 0.367. The zero-order valence-corrected chi connectivity index (χ0v) is 18.6. The first-order valence-electron chi connectivity index (χ1n) is 9.34. The van der Waals surface area contributed by atoms with Crippen LogP contribution >= 0.6 is 35.4 Å². The first-order valence-corrected chi connectivity index (χ1v) is 10.5. The van der Waals surface area contributed by atoms with E-state index in [4.69, 9.17) is 28.9 Å². The van der Waals surface area contributed by atoms with Crippen molar-refractivity contribution in [3.8, 4) is 0 Å². The topological polar surface area (TPSA) is 56.9 Å². The average molecular weight is 490 g/mol. The predicted molar refractivity (Wildman–Crippen MR) is 123 cm³/mol. The summed E-state index contributed by atoms with van der Waals surface area (Å²) in [5, 5.41) is 4.63. The number of alkyl halides is 3. The fourth-order valence-corrected chi connectivity index (χ4v) is 3.72. The third kappa shape index (κ3) is 6.46. The molecule has 11 heteroatoms. The number of piperazine rings is 1. The second kappa shape index (κ2) is 10.0. The van der Waals surface area contributed by atoms with Crippen LogP contribution in [0.3, 0.4) is 0 Å². The lowest BCUT2D eigenvalue weighted by Crippen LogP contribution is -2.46. The van der Waals surface area contributed by atoms with Gasteiger partial charge in [0.05, 0.1) is 21.8 Å². The molecule has 0 spiro atoms. The lowest BCUT2D eigenvalue weighted by Gasteiger charge is -2.37. The van der Waals surface area contributed by atoms with Crippen molar-refractivity contribution in [2.24, 2.45) is 10.8 Å². The van der Waals surface area contributed by atoms with Gasteiger partial charge < -0.3 is 10.6 Å². The molecule has 5 nitrogen and oxygen atoms in total. The van der Waals surface area contributed by atoms with Crippen LogP contribution in [0.25, 0.3) is 0 Å². The monoisotopic (exact) mass is 489 g/mol. The first-order chi connectivity index (χ1) is 14.6. The normalized spacial score (nSPS) is 15.5. The maximum atomic E-state index is 13.7. The van der Waals surface area contributed by atoms with Crippen LogP contribution in [0.1, 0.15) is 16.7 Å². The van der Waals surface area contributed by atoms with Gasteiger partial charge in [-0.3, -0.25) is 10.3 Å². The molecule has 3 N–H and O–H groups in total. The fourth-order valence-electron chi connectivity index (χ4n) is 3.35. The summed E-state index contributed by atoms with van der Waals surface area (Å²) < 4.78 is 41.1. The Bertz CT molecular complexity index is 976. The molecule has 31 heavy (non-hydrogen) atoms. The lowest BCUT2D eigenvalue weighted by atomic mass is 10.1. The highest BCUT2D eigenvalue weighted by atomic mass is 35.5. The first kappa shape index (κ1) is 23.6. The number of nitrogens with one attached hydrogen (secondary N) is 1. The van der Waals surface area contributed by atoms with Gasteiger partial charge in [0.15, 0.2) is 5.11 Å². The summed E-state index contributed by atoms with van der Waals surface area (Å²) in [6.07, 6.45) is -3.25. The van der Waals surface area contributed by atoms with Crippen molar-refractivity contribution in [3.05, 3.63) is 63.1 Å². The molecule has 0 radical (unpaired) electrons. The average Bonchev–Trinajstić information content (AvgIpc) is 2.70. The Morgan fingerprint density at radius 1 is 1.10 bits per heavy atom. The van der Waals surface area contributed by atoms with E-state index < -0.39 is 11.7 Å². The van der Waals surface area contributed by atoms with Crippen molar-refractivity contribution in [1.82, 2.24) is 10.3 Å². The molecular formula is C20H20Cl2F3N5S. The van der Waals surface area contributed by atoms with Gasteiger partial charge in [-0.2, -0.15) is 18.3 Å². The van der Waals surface area contributed by atoms with Crippen molar-refractivity contribution < 1.29 is 13.2 Å². The summed E-state index contributed by atoms with van der Waals surface area (Å²) in [6, 6.07) is 9.57. The van der Waals surface area contributed by atoms with Gasteiger partial charge in [0, 0.05) is 38.4 Å². The van der Waals surface area contributed by atoms with Crippen LogP contribution in [0.4, 0.5) is 18.9 Å². The molecule has 0 aromatic heterocycles. The minimum Gasteiger partial charge on any atom is -0.375 e. The van der Waals surface area contributed by atoms with E-state index in [-0.39, 0.29) is 16.4 Å². The summed E-state index contributed by atoms with van der Waals surface area (Å²) in [6.45, 7) is 2.85. The van der Waals surface area contributed by atoms with E-state index in [1.165, 1.54) is 12.3 Å². The molecule has 1 fully saturated rings. The smallest absolute Gasteiger partial charge is 0.375 e. The number of anilines is 1. The summed E-state index contributed by atoms with van der Waals surface area (Å²) >= 11 is 16.6. The van der Waals surface area contributed by atoms with Crippen molar-refractivity contribution in [2.75, 3.05) is 31.1 Å². The number of hydrogen-bond acceptors (Lipinski definition) is 4. The Hall–Kier alpha value is -2.07. The number of benzene rings is 2. The van der Waals surface area contributed by atoms with Gasteiger partial charge in [0.1, 0.15) is 0 Å². The van der Waals surface area contributed by atoms with Crippen LogP contribution < -0.4 is 16.1 Å². The Balaban J connectivity index is 1.70. The number of rotatable bonds is 5. The van der Waals surface area contributed by atoms with Crippen LogP contribution in [0.5, 0.6) is 0 Å². The van der Waals surface area contributed by atoms with Gasteiger partial charge in [-0.05, 0) is 47.6 Å². The van der Waals surface area contributed by atoms with Crippen molar-refractivity contribution in [2.45, 2.75) is 12.7 Å². The highest BCUT2D eigenvalue weighted by Gasteiger charge is 2.35. The zero-order valence-electron chi connectivity index (χ0n) is 16.3. The minimum absolute atomic E-state index is 0.0670. The number of nitrogens with zero attached hydrogens (tertiary/aromatic N) is 3. The Labute approximate surface area is 193 Å². The van der Waals surface area contributed by atoms with Gasteiger partial charge >= 0.3 is 6.18 Å². The second-order valence-corrected chi connectivity index (χ2v) is 8.27. The number of hydrogen-bond donors (Lipinski definition) is 2. The van der Waals surface area contributed by atoms with E-state index in [0.717, 1.165) is 11.6 Å². The summed E-state index contributed by atoms with van der Waals surface area (Å²) in [4.78, 5) is 3.92. The Morgan fingerprint density at radius 3 is 2.42 bits per heavy atom. The molecule has 0 amide bonds. The summed E-state index contributed by atoms with van der Waals surface area (Å²) in [7, 11) is 0. The molecular weight excluding hydrogens is 470 g/mol. The SMILES string of the molecule is NC(=S)NN=Cc1ccc(N2CCN(Cc3ccc(Cl)c(Cl)c3)CC2)c(C(F)(F)F)c1. The number of hydrazone groups is 1. The molecule has 0 atom stereocenters. The number of thiocarbonyl (C=S) groups is 1. The number of halogens is 5. The molecule has 1 aliphatic rings. The molecule has 0 unspecified atom stereocenters. The van der Waals surface area contributed by atoms with E-state index in [1.54, 1.807) is 17.0 Å². The molecule has 1 aliphatic heterocycles. The van der Waals surface area contributed by atoms with E-state index in [0.29, 0.717) is 42.8 Å². The van der Waals surface area contributed by atoms with Gasteiger partial charge in [-0.1, -0.05) is 35.3 Å². The molecule has 0 aliphatic carbocycles. The molecule has 0 saturated carbocycles. The Morgan fingerprint density at radius 2 is 1.81 bits per heavy atom. The largest absolute Gasteiger partial charge is 0.418 e. The lowest BCUT2D eigenvalue weighted by molar-refractivity contribution is -0.137. The van der Waals surface area contributed by atoms with E-state index in [1.807, 2.05) is 12.1 Å². The maximum Gasteiger partial charge on any atom is 0.418 e. The molecule has 1 heterocycles. The van der Waals surface area contributed by atoms with Crippen LogP contribution in [0, 0.1) is 0 Å². The third-order valence-electron chi connectivity index (χ3n) is 4.82. The minimum atomic E-state index is -4.49. The molecule has 0 bridgehead atoms. The van der Waals surface area contributed by atoms with Crippen molar-refractivity contribution >= 4 is 52.4 Å². The molecule has 3 rings (SSSR count). The molecule has 2 aromatic rings. The van der Waals surface area contributed by atoms with Crippen molar-refractivity contribution in [3.63, 3.8) is 0 Å². The van der Waals surface area contributed by atoms with Crippen LogP contribution in [-0.2, 0) is 12.7 Å². The molecule has 2 aromatic carbocycles. The van der Waals surface area contributed by atoms with E-state index >= 15 is 0 Å². The van der Waals surface area contributed by atoms with E-state index in [2.05, 4.69) is 27.6 Å². The fraction of sp³-hybridized carbons (Fsp3) is 0.300. The molecule has 166 valence electrons.